The Labute approximate surface area is 153 Å². The van der Waals surface area contributed by atoms with Gasteiger partial charge in [0.15, 0.2) is 0 Å². The van der Waals surface area contributed by atoms with Gasteiger partial charge in [-0.05, 0) is 49.1 Å². The number of carbonyl (C=O) groups is 2. The summed E-state index contributed by atoms with van der Waals surface area (Å²) in [6.07, 6.45) is 4.14. The highest BCUT2D eigenvalue weighted by atomic mass is 16.5. The van der Waals surface area contributed by atoms with Gasteiger partial charge in [0.2, 0.25) is 5.91 Å². The van der Waals surface area contributed by atoms with Gasteiger partial charge in [-0.3, -0.25) is 9.59 Å². The summed E-state index contributed by atoms with van der Waals surface area (Å²) in [4.78, 5) is 24.4. The van der Waals surface area contributed by atoms with Crippen LogP contribution in [0.1, 0.15) is 64.1 Å². The third-order valence-corrected chi connectivity index (χ3v) is 5.33. The van der Waals surface area contributed by atoms with Crippen molar-refractivity contribution in [1.82, 2.24) is 15.0 Å². The van der Waals surface area contributed by atoms with Crippen LogP contribution in [-0.4, -0.2) is 33.0 Å². The molecule has 6 heteroatoms. The molecule has 140 valence electrons. The fourth-order valence-electron chi connectivity index (χ4n) is 3.66. The Bertz CT molecular complexity index is 783. The van der Waals surface area contributed by atoms with Gasteiger partial charge in [-0.25, -0.2) is 0 Å². The Morgan fingerprint density at radius 2 is 1.81 bits per heavy atom. The van der Waals surface area contributed by atoms with Crippen LogP contribution in [-0.2, 0) is 9.53 Å². The molecule has 1 aromatic heterocycles. The molecular weight excluding hydrogens is 330 g/mol. The van der Waals surface area contributed by atoms with E-state index in [9.17, 15) is 9.59 Å². The Morgan fingerprint density at radius 1 is 1.12 bits per heavy atom. The Balaban J connectivity index is 1.47. The standard InChI is InChI=1S/C20H27N3O3/c1-20(2,3)14-8-10-15(11-9-14)26-19(25)13-12-18(24)23-17-7-5-4-6-16(17)21-22-23/h4-7,14-15H,8-13H2,1-3H3. The van der Waals surface area contributed by atoms with Gasteiger partial charge in [0.1, 0.15) is 11.6 Å². The van der Waals surface area contributed by atoms with E-state index in [4.69, 9.17) is 4.74 Å². The molecule has 0 radical (unpaired) electrons. The van der Waals surface area contributed by atoms with E-state index in [1.807, 2.05) is 12.1 Å². The van der Waals surface area contributed by atoms with E-state index >= 15 is 0 Å². The van der Waals surface area contributed by atoms with E-state index < -0.39 is 0 Å². The van der Waals surface area contributed by atoms with Crippen LogP contribution in [0, 0.1) is 11.3 Å². The molecule has 0 amide bonds. The van der Waals surface area contributed by atoms with Gasteiger partial charge in [-0.1, -0.05) is 38.1 Å². The van der Waals surface area contributed by atoms with E-state index in [1.165, 1.54) is 4.68 Å². The number of hydrogen-bond donors (Lipinski definition) is 0. The number of fused-ring (bicyclic) bond motifs is 1. The van der Waals surface area contributed by atoms with Gasteiger partial charge in [-0.2, -0.15) is 4.68 Å². The average molecular weight is 357 g/mol. The summed E-state index contributed by atoms with van der Waals surface area (Å²) >= 11 is 0. The molecule has 0 spiro atoms. The Hall–Kier alpha value is -2.24. The van der Waals surface area contributed by atoms with Gasteiger partial charge in [0, 0.05) is 6.42 Å². The van der Waals surface area contributed by atoms with Gasteiger partial charge in [-0.15, -0.1) is 5.10 Å². The lowest BCUT2D eigenvalue weighted by Crippen LogP contribution is -2.30. The van der Waals surface area contributed by atoms with E-state index in [0.29, 0.717) is 22.4 Å². The quantitative estimate of drug-likeness (QED) is 0.773. The first-order valence-electron chi connectivity index (χ1n) is 9.38. The van der Waals surface area contributed by atoms with E-state index in [-0.39, 0.29) is 30.8 Å². The number of ether oxygens (including phenoxy) is 1. The monoisotopic (exact) mass is 357 g/mol. The fourth-order valence-corrected chi connectivity index (χ4v) is 3.66. The third kappa shape index (κ3) is 4.29. The highest BCUT2D eigenvalue weighted by Gasteiger charge is 2.31. The molecule has 1 fully saturated rings. The molecule has 1 aromatic carbocycles. The smallest absolute Gasteiger partial charge is 0.306 e. The minimum Gasteiger partial charge on any atom is -0.462 e. The van der Waals surface area contributed by atoms with Crippen LogP contribution in [0.25, 0.3) is 11.0 Å². The lowest BCUT2D eigenvalue weighted by molar-refractivity contribution is -0.151. The second-order valence-electron chi connectivity index (χ2n) is 8.21. The van der Waals surface area contributed by atoms with Crippen molar-refractivity contribution in [3.63, 3.8) is 0 Å². The molecule has 3 rings (SSSR count). The second kappa shape index (κ2) is 7.56. The highest BCUT2D eigenvalue weighted by Crippen LogP contribution is 2.38. The summed E-state index contributed by atoms with van der Waals surface area (Å²) in [5.41, 5.74) is 1.63. The van der Waals surface area contributed by atoms with Crippen molar-refractivity contribution in [1.29, 1.82) is 0 Å². The predicted molar refractivity (Wildman–Crippen MR) is 98.7 cm³/mol. The summed E-state index contributed by atoms with van der Waals surface area (Å²) in [7, 11) is 0. The molecule has 0 unspecified atom stereocenters. The lowest BCUT2D eigenvalue weighted by atomic mass is 9.72. The van der Waals surface area contributed by atoms with Gasteiger partial charge < -0.3 is 4.74 Å². The predicted octanol–water partition coefficient (Wildman–Crippen LogP) is 4.00. The van der Waals surface area contributed by atoms with Crippen molar-refractivity contribution in [3.8, 4) is 0 Å². The third-order valence-electron chi connectivity index (χ3n) is 5.33. The average Bonchev–Trinajstić information content (AvgIpc) is 3.03. The molecule has 1 aliphatic rings. The van der Waals surface area contributed by atoms with Crippen LogP contribution in [0.3, 0.4) is 0 Å². The molecule has 6 nitrogen and oxygen atoms in total. The zero-order chi connectivity index (χ0) is 18.7. The number of rotatable bonds is 4. The molecule has 1 heterocycles. The molecule has 0 bridgehead atoms. The normalized spacial score (nSPS) is 20.9. The number of carbonyl (C=O) groups excluding carboxylic acids is 2. The maximum Gasteiger partial charge on any atom is 0.306 e. The highest BCUT2D eigenvalue weighted by molar-refractivity contribution is 5.90. The largest absolute Gasteiger partial charge is 0.462 e. The topological polar surface area (TPSA) is 74.1 Å². The number of benzene rings is 1. The molecule has 1 aliphatic carbocycles. The zero-order valence-corrected chi connectivity index (χ0v) is 15.8. The summed E-state index contributed by atoms with van der Waals surface area (Å²) in [6.45, 7) is 6.80. The van der Waals surface area contributed by atoms with Crippen molar-refractivity contribution < 1.29 is 14.3 Å². The van der Waals surface area contributed by atoms with E-state index in [1.54, 1.807) is 12.1 Å². The van der Waals surface area contributed by atoms with Crippen LogP contribution in [0.5, 0.6) is 0 Å². The molecule has 2 aromatic rings. The Morgan fingerprint density at radius 3 is 2.50 bits per heavy atom. The van der Waals surface area contributed by atoms with Gasteiger partial charge in [0.25, 0.3) is 0 Å². The summed E-state index contributed by atoms with van der Waals surface area (Å²) in [5.74, 6) is 0.133. The van der Waals surface area contributed by atoms with Crippen molar-refractivity contribution in [2.45, 2.75) is 65.4 Å². The summed E-state index contributed by atoms with van der Waals surface area (Å²) in [6, 6.07) is 7.27. The number of aromatic nitrogens is 3. The minimum absolute atomic E-state index is 0.0107. The van der Waals surface area contributed by atoms with Crippen LogP contribution in [0.2, 0.25) is 0 Å². The van der Waals surface area contributed by atoms with Crippen LogP contribution < -0.4 is 0 Å². The van der Waals surface area contributed by atoms with Crippen molar-refractivity contribution in [2.24, 2.45) is 11.3 Å². The SMILES string of the molecule is CC(C)(C)C1CCC(OC(=O)CCC(=O)n2nnc3ccccc32)CC1. The molecular formula is C20H27N3O3. The fraction of sp³-hybridized carbons (Fsp3) is 0.600. The van der Waals surface area contributed by atoms with Crippen LogP contribution in [0.4, 0.5) is 0 Å². The first kappa shape index (κ1) is 18.5. The zero-order valence-electron chi connectivity index (χ0n) is 15.8. The lowest BCUT2D eigenvalue weighted by Gasteiger charge is -2.36. The first-order chi connectivity index (χ1) is 12.3. The van der Waals surface area contributed by atoms with E-state index in [2.05, 4.69) is 31.1 Å². The number of para-hydroxylation sites is 1. The second-order valence-corrected chi connectivity index (χ2v) is 8.21. The van der Waals surface area contributed by atoms with E-state index in [0.717, 1.165) is 25.7 Å². The number of esters is 1. The van der Waals surface area contributed by atoms with Crippen molar-refractivity contribution in [2.75, 3.05) is 0 Å². The molecule has 0 aliphatic heterocycles. The summed E-state index contributed by atoms with van der Waals surface area (Å²) in [5, 5.41) is 7.85. The molecule has 26 heavy (non-hydrogen) atoms. The van der Waals surface area contributed by atoms with Crippen molar-refractivity contribution in [3.05, 3.63) is 24.3 Å². The first-order valence-corrected chi connectivity index (χ1v) is 9.38. The summed E-state index contributed by atoms with van der Waals surface area (Å²) < 4.78 is 6.83. The molecule has 0 atom stereocenters. The minimum atomic E-state index is -0.304. The Kier molecular flexibility index (Phi) is 5.39. The molecule has 0 N–H and O–H groups in total. The molecule has 0 saturated heterocycles. The van der Waals surface area contributed by atoms with Crippen molar-refractivity contribution >= 4 is 22.9 Å². The number of hydrogen-bond acceptors (Lipinski definition) is 5. The maximum absolute atomic E-state index is 12.3. The van der Waals surface area contributed by atoms with Crippen LogP contribution >= 0.6 is 0 Å². The number of nitrogens with zero attached hydrogens (tertiary/aromatic N) is 3. The maximum atomic E-state index is 12.3. The molecule has 1 saturated carbocycles. The van der Waals surface area contributed by atoms with Crippen LogP contribution in [0.15, 0.2) is 24.3 Å². The van der Waals surface area contributed by atoms with Gasteiger partial charge >= 0.3 is 5.97 Å². The van der Waals surface area contributed by atoms with Gasteiger partial charge in [0.05, 0.1) is 11.9 Å².